The van der Waals surface area contributed by atoms with Crippen LogP contribution in [0.4, 0.5) is 5.69 Å². The summed E-state index contributed by atoms with van der Waals surface area (Å²) < 4.78 is 10.9. The van der Waals surface area contributed by atoms with Gasteiger partial charge < -0.3 is 20.1 Å². The van der Waals surface area contributed by atoms with E-state index in [1.807, 2.05) is 12.1 Å². The molecule has 20 heavy (non-hydrogen) atoms. The van der Waals surface area contributed by atoms with Gasteiger partial charge in [-0.1, -0.05) is 6.07 Å². The molecule has 0 heterocycles. The zero-order chi connectivity index (χ0) is 14.6. The van der Waals surface area contributed by atoms with Gasteiger partial charge in [-0.15, -0.1) is 0 Å². The molecule has 1 aromatic rings. The van der Waals surface area contributed by atoms with Crippen LogP contribution in [-0.2, 0) is 4.74 Å². The Hall–Kier alpha value is -1.26. The Kier molecular flexibility index (Phi) is 4.89. The predicted molar refractivity (Wildman–Crippen MR) is 82.4 cm³/mol. The summed E-state index contributed by atoms with van der Waals surface area (Å²) in [6.07, 6.45) is 4.68. The lowest BCUT2D eigenvalue weighted by Crippen LogP contribution is -2.56. The molecule has 0 aromatic heterocycles. The van der Waals surface area contributed by atoms with E-state index in [2.05, 4.69) is 24.1 Å². The van der Waals surface area contributed by atoms with Gasteiger partial charge in [0.25, 0.3) is 0 Å². The van der Waals surface area contributed by atoms with Crippen LogP contribution in [-0.4, -0.2) is 39.5 Å². The molecule has 1 saturated carbocycles. The Balaban J connectivity index is 2.25. The van der Waals surface area contributed by atoms with Gasteiger partial charge in [0, 0.05) is 32.5 Å². The second kappa shape index (κ2) is 6.46. The molecule has 2 N–H and O–H groups in total. The zero-order valence-corrected chi connectivity index (χ0v) is 12.8. The molecule has 0 bridgehead atoms. The van der Waals surface area contributed by atoms with E-state index < -0.39 is 0 Å². The summed E-state index contributed by atoms with van der Waals surface area (Å²) in [5.74, 6) is 0.876. The van der Waals surface area contributed by atoms with Gasteiger partial charge >= 0.3 is 0 Å². The van der Waals surface area contributed by atoms with E-state index >= 15 is 0 Å². The van der Waals surface area contributed by atoms with Crippen LogP contribution in [0.1, 0.15) is 25.7 Å². The molecule has 112 valence electrons. The van der Waals surface area contributed by atoms with Crippen LogP contribution in [0.2, 0.25) is 0 Å². The standard InChI is InChI=1S/C16H26N2O2/c1-18(13-6-4-7-14(10-13)19-2)16(12-17)9-5-8-15(11-16)20-3/h4,6-7,10,15H,5,8-9,11-12,17H2,1-3H3. The van der Waals surface area contributed by atoms with E-state index in [0.29, 0.717) is 12.6 Å². The maximum absolute atomic E-state index is 6.14. The van der Waals surface area contributed by atoms with Gasteiger partial charge in [0.1, 0.15) is 5.75 Å². The molecule has 0 spiro atoms. The molecule has 4 nitrogen and oxygen atoms in total. The molecule has 1 aromatic carbocycles. The highest BCUT2D eigenvalue weighted by Crippen LogP contribution is 2.37. The molecule has 2 rings (SSSR count). The Morgan fingerprint density at radius 3 is 2.85 bits per heavy atom. The fraction of sp³-hybridized carbons (Fsp3) is 0.625. The maximum atomic E-state index is 6.14. The molecule has 1 aliphatic carbocycles. The highest BCUT2D eigenvalue weighted by molar-refractivity contribution is 5.52. The summed E-state index contributed by atoms with van der Waals surface area (Å²) in [6, 6.07) is 8.15. The monoisotopic (exact) mass is 278 g/mol. The third-order valence-electron chi connectivity index (χ3n) is 4.64. The van der Waals surface area contributed by atoms with E-state index in [0.717, 1.165) is 37.1 Å². The number of ether oxygens (including phenoxy) is 2. The van der Waals surface area contributed by atoms with Crippen molar-refractivity contribution in [3.63, 3.8) is 0 Å². The lowest BCUT2D eigenvalue weighted by molar-refractivity contribution is 0.0423. The minimum Gasteiger partial charge on any atom is -0.497 e. The molecule has 0 aliphatic heterocycles. The Bertz CT molecular complexity index is 438. The first-order valence-corrected chi connectivity index (χ1v) is 7.26. The van der Waals surface area contributed by atoms with Crippen LogP contribution < -0.4 is 15.4 Å². The van der Waals surface area contributed by atoms with Gasteiger partial charge in [-0.2, -0.15) is 0 Å². The van der Waals surface area contributed by atoms with Crippen LogP contribution in [0.3, 0.4) is 0 Å². The Labute approximate surface area is 121 Å². The molecule has 1 fully saturated rings. The molecule has 0 amide bonds. The highest BCUT2D eigenvalue weighted by atomic mass is 16.5. The first kappa shape index (κ1) is 15.1. The quantitative estimate of drug-likeness (QED) is 0.898. The fourth-order valence-electron chi connectivity index (χ4n) is 3.21. The van der Waals surface area contributed by atoms with E-state index in [-0.39, 0.29) is 5.54 Å². The number of anilines is 1. The fourth-order valence-corrected chi connectivity index (χ4v) is 3.21. The number of hydrogen-bond donors (Lipinski definition) is 1. The summed E-state index contributed by atoms with van der Waals surface area (Å²) >= 11 is 0. The predicted octanol–water partition coefficient (Wildman–Crippen LogP) is 2.42. The summed E-state index contributed by atoms with van der Waals surface area (Å²) in [4.78, 5) is 2.31. The molecule has 4 heteroatoms. The molecule has 0 radical (unpaired) electrons. The van der Waals surface area contributed by atoms with Crippen molar-refractivity contribution in [1.29, 1.82) is 0 Å². The van der Waals surface area contributed by atoms with Crippen LogP contribution in [0, 0.1) is 0 Å². The number of methoxy groups -OCH3 is 2. The third kappa shape index (κ3) is 2.91. The van der Waals surface area contributed by atoms with Crippen LogP contribution in [0.15, 0.2) is 24.3 Å². The molecule has 2 unspecified atom stereocenters. The molecular weight excluding hydrogens is 252 g/mol. The second-order valence-corrected chi connectivity index (χ2v) is 5.64. The van der Waals surface area contributed by atoms with E-state index in [1.54, 1.807) is 14.2 Å². The molecule has 2 atom stereocenters. The summed E-state index contributed by atoms with van der Waals surface area (Å²) in [7, 11) is 5.61. The van der Waals surface area contributed by atoms with Crippen molar-refractivity contribution in [3.05, 3.63) is 24.3 Å². The summed E-state index contributed by atoms with van der Waals surface area (Å²) in [5.41, 5.74) is 7.26. The van der Waals surface area contributed by atoms with Gasteiger partial charge in [0.05, 0.1) is 18.8 Å². The average Bonchev–Trinajstić information content (AvgIpc) is 2.54. The van der Waals surface area contributed by atoms with Crippen LogP contribution in [0.5, 0.6) is 5.75 Å². The van der Waals surface area contributed by atoms with Gasteiger partial charge in [-0.25, -0.2) is 0 Å². The molecule has 1 aliphatic rings. The number of nitrogens with two attached hydrogens (primary N) is 1. The summed E-state index contributed by atoms with van der Waals surface area (Å²) in [5, 5.41) is 0. The molecular formula is C16H26N2O2. The average molecular weight is 278 g/mol. The van der Waals surface area contributed by atoms with Crippen LogP contribution in [0.25, 0.3) is 0 Å². The Morgan fingerprint density at radius 1 is 1.40 bits per heavy atom. The number of rotatable bonds is 5. The third-order valence-corrected chi connectivity index (χ3v) is 4.64. The normalized spacial score (nSPS) is 26.3. The van der Waals surface area contributed by atoms with Gasteiger partial charge in [0.15, 0.2) is 0 Å². The van der Waals surface area contributed by atoms with Crippen molar-refractivity contribution in [3.8, 4) is 5.75 Å². The maximum Gasteiger partial charge on any atom is 0.120 e. The van der Waals surface area contributed by atoms with Crippen molar-refractivity contribution in [1.82, 2.24) is 0 Å². The summed E-state index contributed by atoms with van der Waals surface area (Å²) in [6.45, 7) is 0.639. The minimum atomic E-state index is -0.0225. The smallest absolute Gasteiger partial charge is 0.120 e. The first-order chi connectivity index (χ1) is 9.65. The van der Waals surface area contributed by atoms with Crippen molar-refractivity contribution < 1.29 is 9.47 Å². The number of benzene rings is 1. The van der Waals surface area contributed by atoms with Crippen molar-refractivity contribution >= 4 is 5.69 Å². The van der Waals surface area contributed by atoms with Crippen molar-refractivity contribution in [2.75, 3.05) is 32.7 Å². The topological polar surface area (TPSA) is 47.7 Å². The van der Waals surface area contributed by atoms with Crippen LogP contribution >= 0.6 is 0 Å². The van der Waals surface area contributed by atoms with E-state index in [9.17, 15) is 0 Å². The number of nitrogens with zero attached hydrogens (tertiary/aromatic N) is 1. The first-order valence-electron chi connectivity index (χ1n) is 7.26. The Morgan fingerprint density at radius 2 is 2.20 bits per heavy atom. The number of hydrogen-bond acceptors (Lipinski definition) is 4. The molecule has 0 saturated heterocycles. The second-order valence-electron chi connectivity index (χ2n) is 5.64. The highest BCUT2D eigenvalue weighted by Gasteiger charge is 2.39. The zero-order valence-electron chi connectivity index (χ0n) is 12.8. The lowest BCUT2D eigenvalue weighted by atomic mass is 9.78. The van der Waals surface area contributed by atoms with Gasteiger partial charge in [-0.3, -0.25) is 0 Å². The van der Waals surface area contributed by atoms with Gasteiger partial charge in [-0.05, 0) is 37.8 Å². The van der Waals surface area contributed by atoms with Gasteiger partial charge in [0.2, 0.25) is 0 Å². The van der Waals surface area contributed by atoms with E-state index in [1.165, 1.54) is 0 Å². The minimum absolute atomic E-state index is 0.0225. The lowest BCUT2D eigenvalue weighted by Gasteiger charge is -2.47. The SMILES string of the molecule is COc1cccc(N(C)C2(CN)CCCC(OC)C2)c1. The number of likely N-dealkylation sites (N-methyl/N-ethyl adjacent to an activating group) is 1. The van der Waals surface area contributed by atoms with Crippen molar-refractivity contribution in [2.45, 2.75) is 37.3 Å². The largest absolute Gasteiger partial charge is 0.497 e. The van der Waals surface area contributed by atoms with Crippen molar-refractivity contribution in [2.24, 2.45) is 5.73 Å². The van der Waals surface area contributed by atoms with E-state index in [4.69, 9.17) is 15.2 Å².